The predicted octanol–water partition coefficient (Wildman–Crippen LogP) is 2.07. The molecule has 0 spiro atoms. The Kier molecular flexibility index (Phi) is 3.59. The van der Waals surface area contributed by atoms with Gasteiger partial charge in [0.05, 0.1) is 12.5 Å². The van der Waals surface area contributed by atoms with Gasteiger partial charge in [-0.05, 0) is 17.7 Å². The van der Waals surface area contributed by atoms with Crippen molar-refractivity contribution < 1.29 is 12.8 Å². The Labute approximate surface area is 121 Å². The Morgan fingerprint density at radius 2 is 1.95 bits per heavy atom. The van der Waals surface area contributed by atoms with Crippen molar-refractivity contribution in [1.29, 1.82) is 0 Å². The molecule has 1 aromatic carbocycles. The first kappa shape index (κ1) is 13.6. The fourth-order valence-electron chi connectivity index (χ4n) is 2.00. The summed E-state index contributed by atoms with van der Waals surface area (Å²) in [7, 11) is -3.69. The number of rotatable bonds is 5. The molecule has 0 saturated carbocycles. The molecule has 0 amide bonds. The van der Waals surface area contributed by atoms with Crippen molar-refractivity contribution in [3.8, 4) is 0 Å². The van der Waals surface area contributed by atoms with Crippen molar-refractivity contribution in [1.82, 2.24) is 14.9 Å². The normalized spacial score (nSPS) is 13.1. The highest BCUT2D eigenvalue weighted by Crippen LogP contribution is 2.24. The average molecular weight is 303 g/mol. The molecule has 2 heterocycles. The smallest absolute Gasteiger partial charge is 0.244 e. The van der Waals surface area contributed by atoms with Crippen LogP contribution in [-0.2, 0) is 10.0 Å². The number of nitrogens with one attached hydrogen (secondary N) is 2. The van der Waals surface area contributed by atoms with Crippen LogP contribution < -0.4 is 4.72 Å². The van der Waals surface area contributed by atoms with E-state index >= 15 is 0 Å². The Morgan fingerprint density at radius 3 is 2.57 bits per heavy atom. The number of nitrogens with zero attached hydrogens (tertiary/aromatic N) is 1. The van der Waals surface area contributed by atoms with Gasteiger partial charge in [-0.15, -0.1) is 0 Å². The number of aromatic nitrogens is 2. The first-order valence-corrected chi connectivity index (χ1v) is 7.74. The lowest BCUT2D eigenvalue weighted by atomic mass is 10.1. The third-order valence-corrected chi connectivity index (χ3v) is 4.41. The summed E-state index contributed by atoms with van der Waals surface area (Å²) in [5.41, 5.74) is 0.791. The van der Waals surface area contributed by atoms with E-state index in [2.05, 4.69) is 14.9 Å². The predicted molar refractivity (Wildman–Crippen MR) is 75.9 cm³/mol. The minimum Gasteiger partial charge on any atom is -0.467 e. The van der Waals surface area contributed by atoms with Crippen LogP contribution in [0.2, 0.25) is 0 Å². The van der Waals surface area contributed by atoms with Gasteiger partial charge in [0, 0.05) is 6.20 Å². The summed E-state index contributed by atoms with van der Waals surface area (Å²) < 4.78 is 32.7. The van der Waals surface area contributed by atoms with E-state index in [0.29, 0.717) is 5.76 Å². The van der Waals surface area contributed by atoms with E-state index in [4.69, 9.17) is 4.42 Å². The lowest BCUT2D eigenvalue weighted by Gasteiger charge is -2.16. The molecule has 2 N–H and O–H groups in total. The van der Waals surface area contributed by atoms with Gasteiger partial charge in [-0.1, -0.05) is 30.3 Å². The molecule has 21 heavy (non-hydrogen) atoms. The quantitative estimate of drug-likeness (QED) is 0.755. The van der Waals surface area contributed by atoms with Gasteiger partial charge in [-0.2, -0.15) is 9.82 Å². The van der Waals surface area contributed by atoms with E-state index in [1.807, 2.05) is 30.3 Å². The summed E-state index contributed by atoms with van der Waals surface area (Å²) in [5.74, 6) is 0.522. The zero-order valence-corrected chi connectivity index (χ0v) is 11.7. The van der Waals surface area contributed by atoms with Crippen LogP contribution in [0.1, 0.15) is 17.4 Å². The van der Waals surface area contributed by atoms with Gasteiger partial charge >= 0.3 is 0 Å². The van der Waals surface area contributed by atoms with Crippen molar-refractivity contribution in [3.63, 3.8) is 0 Å². The lowest BCUT2D eigenvalue weighted by molar-refractivity contribution is 0.471. The molecule has 2 aromatic heterocycles. The third-order valence-electron chi connectivity index (χ3n) is 3.02. The number of sulfonamides is 1. The number of benzene rings is 1. The summed E-state index contributed by atoms with van der Waals surface area (Å²) in [6.07, 6.45) is 4.09. The molecule has 1 unspecified atom stereocenters. The van der Waals surface area contributed by atoms with Crippen molar-refractivity contribution in [3.05, 3.63) is 72.4 Å². The number of furan rings is 1. The van der Waals surface area contributed by atoms with E-state index < -0.39 is 16.1 Å². The van der Waals surface area contributed by atoms with Gasteiger partial charge in [0.2, 0.25) is 10.0 Å². The van der Waals surface area contributed by atoms with Crippen molar-refractivity contribution >= 4 is 10.0 Å². The van der Waals surface area contributed by atoms with E-state index in [0.717, 1.165) is 5.56 Å². The fourth-order valence-corrected chi connectivity index (χ4v) is 3.10. The molecule has 1 atom stereocenters. The van der Waals surface area contributed by atoms with Crippen LogP contribution >= 0.6 is 0 Å². The summed E-state index contributed by atoms with van der Waals surface area (Å²) in [6.45, 7) is 0. The van der Waals surface area contributed by atoms with Crippen molar-refractivity contribution in [2.45, 2.75) is 10.9 Å². The highest BCUT2D eigenvalue weighted by atomic mass is 32.2. The van der Waals surface area contributed by atoms with Gasteiger partial charge in [-0.25, -0.2) is 8.42 Å². The van der Waals surface area contributed by atoms with E-state index in [1.54, 1.807) is 12.1 Å². The molecule has 0 saturated heterocycles. The maximum atomic E-state index is 12.4. The molecule has 7 heteroatoms. The first-order valence-electron chi connectivity index (χ1n) is 6.26. The van der Waals surface area contributed by atoms with Gasteiger partial charge < -0.3 is 4.42 Å². The van der Waals surface area contributed by atoms with Crippen LogP contribution in [0.4, 0.5) is 0 Å². The van der Waals surface area contributed by atoms with Crippen molar-refractivity contribution in [2.24, 2.45) is 0 Å². The van der Waals surface area contributed by atoms with Crippen LogP contribution in [0.15, 0.2) is 70.4 Å². The Hall–Kier alpha value is -2.38. The summed E-state index contributed by atoms with van der Waals surface area (Å²) in [5, 5.41) is 6.15. The fraction of sp³-hybridized carbons (Fsp3) is 0.0714. The Bertz CT molecular complexity index is 781. The number of H-pyrrole nitrogens is 1. The van der Waals surface area contributed by atoms with Gasteiger partial charge in [0.1, 0.15) is 16.7 Å². The van der Waals surface area contributed by atoms with Gasteiger partial charge in [0.25, 0.3) is 0 Å². The molecule has 6 nitrogen and oxygen atoms in total. The van der Waals surface area contributed by atoms with Crippen LogP contribution in [-0.4, -0.2) is 18.6 Å². The summed E-state index contributed by atoms with van der Waals surface area (Å²) in [4.78, 5) is 0.0787. The molecular weight excluding hydrogens is 290 g/mol. The Morgan fingerprint density at radius 1 is 1.14 bits per heavy atom. The lowest BCUT2D eigenvalue weighted by Crippen LogP contribution is -2.29. The topological polar surface area (TPSA) is 88.0 Å². The molecule has 0 aliphatic rings. The maximum Gasteiger partial charge on any atom is 0.244 e. The minimum absolute atomic E-state index is 0.0787. The molecule has 0 fully saturated rings. The van der Waals surface area contributed by atoms with E-state index in [1.165, 1.54) is 18.7 Å². The number of hydrogen-bond donors (Lipinski definition) is 2. The van der Waals surface area contributed by atoms with Gasteiger partial charge in [-0.3, -0.25) is 5.10 Å². The molecule has 0 bridgehead atoms. The second-order valence-corrected chi connectivity index (χ2v) is 6.13. The molecule has 108 valence electrons. The SMILES string of the molecule is O=S(=O)(NC(c1ccccc1)c1ccco1)c1cn[nH]c1. The highest BCUT2D eigenvalue weighted by Gasteiger charge is 2.25. The zero-order valence-electron chi connectivity index (χ0n) is 10.9. The summed E-state index contributed by atoms with van der Waals surface area (Å²) in [6, 6.07) is 12.1. The second-order valence-electron chi connectivity index (χ2n) is 4.41. The van der Waals surface area contributed by atoms with Crippen molar-refractivity contribution in [2.75, 3.05) is 0 Å². The maximum absolute atomic E-state index is 12.4. The molecule has 3 rings (SSSR count). The van der Waals surface area contributed by atoms with E-state index in [9.17, 15) is 8.42 Å². The second kappa shape index (κ2) is 5.55. The van der Waals surface area contributed by atoms with Gasteiger partial charge in [0.15, 0.2) is 0 Å². The standard InChI is InChI=1S/C14H13N3O3S/c18-21(19,12-9-15-16-10-12)17-14(13-7-4-8-20-13)11-5-2-1-3-6-11/h1-10,14,17H,(H,15,16). The van der Waals surface area contributed by atoms with Crippen LogP contribution in [0.25, 0.3) is 0 Å². The van der Waals surface area contributed by atoms with E-state index in [-0.39, 0.29) is 4.90 Å². The molecule has 0 aliphatic heterocycles. The largest absolute Gasteiger partial charge is 0.467 e. The number of hydrogen-bond acceptors (Lipinski definition) is 4. The van der Waals surface area contributed by atoms with Crippen LogP contribution in [0.5, 0.6) is 0 Å². The molecule has 0 aliphatic carbocycles. The third kappa shape index (κ3) is 2.88. The molecule has 0 radical (unpaired) electrons. The monoisotopic (exact) mass is 303 g/mol. The highest BCUT2D eigenvalue weighted by molar-refractivity contribution is 7.89. The Balaban J connectivity index is 1.98. The molecular formula is C14H13N3O3S. The molecule has 3 aromatic rings. The number of aromatic amines is 1. The minimum atomic E-state index is -3.69. The van der Waals surface area contributed by atoms with Crippen LogP contribution in [0, 0.1) is 0 Å². The zero-order chi connectivity index (χ0) is 14.7. The summed E-state index contributed by atoms with van der Waals surface area (Å²) >= 11 is 0. The van der Waals surface area contributed by atoms with Crippen LogP contribution in [0.3, 0.4) is 0 Å². The average Bonchev–Trinajstić information content (AvgIpc) is 3.19. The first-order chi connectivity index (χ1) is 10.2.